The summed E-state index contributed by atoms with van der Waals surface area (Å²) in [5.74, 6) is 0.865. The minimum Gasteiger partial charge on any atom is -0.491 e. The summed E-state index contributed by atoms with van der Waals surface area (Å²) in [6.07, 6.45) is 0.424. The lowest BCUT2D eigenvalue weighted by molar-refractivity contribution is -0.135. The molecular formula is C14H18N2O3. The van der Waals surface area contributed by atoms with Gasteiger partial charge in [-0.3, -0.25) is 4.79 Å². The van der Waals surface area contributed by atoms with Gasteiger partial charge in [-0.2, -0.15) is 0 Å². The molecule has 3 rings (SSSR count). The molecule has 1 saturated heterocycles. The van der Waals surface area contributed by atoms with Crippen LogP contribution >= 0.6 is 0 Å². The summed E-state index contributed by atoms with van der Waals surface area (Å²) in [6, 6.07) is 7.96. The molecule has 2 unspecified atom stereocenters. The Hall–Kier alpha value is -1.59. The van der Waals surface area contributed by atoms with Crippen molar-refractivity contribution in [1.82, 2.24) is 10.6 Å². The Morgan fingerprint density at radius 2 is 2.26 bits per heavy atom. The summed E-state index contributed by atoms with van der Waals surface area (Å²) in [5.41, 5.74) is 1.14. The average Bonchev–Trinajstić information content (AvgIpc) is 2.48. The second kappa shape index (κ2) is 5.59. The van der Waals surface area contributed by atoms with E-state index in [1.807, 2.05) is 24.3 Å². The number of benzene rings is 1. The molecule has 1 aromatic carbocycles. The number of fused-ring (bicyclic) bond motifs is 1. The third-order valence-electron chi connectivity index (χ3n) is 3.45. The first kappa shape index (κ1) is 12.4. The highest BCUT2D eigenvalue weighted by molar-refractivity contribution is 5.81. The van der Waals surface area contributed by atoms with Crippen LogP contribution in [0.2, 0.25) is 0 Å². The van der Waals surface area contributed by atoms with Crippen molar-refractivity contribution >= 4 is 5.91 Å². The molecule has 0 bridgehead atoms. The molecular weight excluding hydrogens is 244 g/mol. The van der Waals surface area contributed by atoms with Crippen LogP contribution in [0.3, 0.4) is 0 Å². The molecule has 2 aliphatic heterocycles. The zero-order chi connectivity index (χ0) is 13.1. The normalized spacial score (nSPS) is 26.1. The van der Waals surface area contributed by atoms with E-state index in [1.54, 1.807) is 0 Å². The van der Waals surface area contributed by atoms with E-state index in [2.05, 4.69) is 10.6 Å². The maximum Gasteiger partial charge on any atom is 0.250 e. The van der Waals surface area contributed by atoms with Crippen LogP contribution < -0.4 is 15.4 Å². The minimum atomic E-state index is -0.383. The fourth-order valence-electron chi connectivity index (χ4n) is 2.45. The van der Waals surface area contributed by atoms with Gasteiger partial charge in [-0.15, -0.1) is 0 Å². The molecule has 5 nitrogen and oxygen atoms in total. The Morgan fingerprint density at radius 1 is 1.37 bits per heavy atom. The van der Waals surface area contributed by atoms with E-state index in [9.17, 15) is 4.79 Å². The number of nitrogens with one attached hydrogen (secondary N) is 2. The summed E-state index contributed by atoms with van der Waals surface area (Å²) in [4.78, 5) is 12.0. The van der Waals surface area contributed by atoms with E-state index >= 15 is 0 Å². The number of carbonyl (C=O) groups is 1. The standard InChI is InChI=1S/C14H18N2O3/c17-14(13-8-15-5-6-18-13)16-11-7-10-3-1-2-4-12(10)19-9-11/h1-4,11,13,15H,5-9H2,(H,16,17). The smallest absolute Gasteiger partial charge is 0.250 e. The number of rotatable bonds is 2. The van der Waals surface area contributed by atoms with Crippen LogP contribution in [0.4, 0.5) is 0 Å². The van der Waals surface area contributed by atoms with Gasteiger partial charge in [0.15, 0.2) is 0 Å². The van der Waals surface area contributed by atoms with Gasteiger partial charge in [-0.05, 0) is 18.1 Å². The van der Waals surface area contributed by atoms with Crippen LogP contribution in [0, 0.1) is 0 Å². The first-order valence-electron chi connectivity index (χ1n) is 6.66. The van der Waals surface area contributed by atoms with Gasteiger partial charge in [0.2, 0.25) is 0 Å². The molecule has 1 aromatic rings. The Labute approximate surface area is 112 Å². The van der Waals surface area contributed by atoms with E-state index in [-0.39, 0.29) is 18.1 Å². The Kier molecular flexibility index (Phi) is 3.66. The van der Waals surface area contributed by atoms with Crippen molar-refractivity contribution < 1.29 is 14.3 Å². The van der Waals surface area contributed by atoms with E-state index in [0.29, 0.717) is 19.8 Å². The highest BCUT2D eigenvalue weighted by Crippen LogP contribution is 2.23. The van der Waals surface area contributed by atoms with E-state index in [0.717, 1.165) is 24.3 Å². The first-order valence-corrected chi connectivity index (χ1v) is 6.66. The predicted octanol–water partition coefficient (Wildman–Crippen LogP) is 0.0947. The van der Waals surface area contributed by atoms with Crippen LogP contribution in [0.5, 0.6) is 5.75 Å². The van der Waals surface area contributed by atoms with Gasteiger partial charge in [0.25, 0.3) is 5.91 Å². The summed E-state index contributed by atoms with van der Waals surface area (Å²) in [5, 5.41) is 6.15. The van der Waals surface area contributed by atoms with Gasteiger partial charge < -0.3 is 20.1 Å². The van der Waals surface area contributed by atoms with Crippen LogP contribution in [0.25, 0.3) is 0 Å². The van der Waals surface area contributed by atoms with Crippen LogP contribution in [0.15, 0.2) is 24.3 Å². The molecule has 102 valence electrons. The zero-order valence-corrected chi connectivity index (χ0v) is 10.7. The monoisotopic (exact) mass is 262 g/mol. The van der Waals surface area contributed by atoms with Gasteiger partial charge in [-0.1, -0.05) is 18.2 Å². The quantitative estimate of drug-likeness (QED) is 0.793. The van der Waals surface area contributed by atoms with Gasteiger partial charge in [0.05, 0.1) is 12.6 Å². The van der Waals surface area contributed by atoms with Gasteiger partial charge in [0, 0.05) is 13.1 Å². The van der Waals surface area contributed by atoms with Crippen molar-refractivity contribution in [2.24, 2.45) is 0 Å². The van der Waals surface area contributed by atoms with Crippen molar-refractivity contribution in [2.75, 3.05) is 26.3 Å². The van der Waals surface area contributed by atoms with Crippen molar-refractivity contribution in [3.63, 3.8) is 0 Å². The van der Waals surface area contributed by atoms with Gasteiger partial charge in [0.1, 0.15) is 18.5 Å². The number of carbonyl (C=O) groups excluding carboxylic acids is 1. The van der Waals surface area contributed by atoms with Gasteiger partial charge in [-0.25, -0.2) is 0 Å². The molecule has 0 aliphatic carbocycles. The maximum absolute atomic E-state index is 12.0. The number of para-hydroxylation sites is 1. The highest BCUT2D eigenvalue weighted by atomic mass is 16.5. The van der Waals surface area contributed by atoms with Crippen molar-refractivity contribution in [2.45, 2.75) is 18.6 Å². The predicted molar refractivity (Wildman–Crippen MR) is 70.2 cm³/mol. The summed E-state index contributed by atoms with van der Waals surface area (Å²) in [6.45, 7) is 2.49. The Bertz CT molecular complexity index is 458. The molecule has 1 fully saturated rings. The molecule has 2 atom stereocenters. The number of ether oxygens (including phenoxy) is 2. The third-order valence-corrected chi connectivity index (χ3v) is 3.45. The molecule has 2 heterocycles. The fraction of sp³-hybridized carbons (Fsp3) is 0.500. The SMILES string of the molecule is O=C(NC1COc2ccccc2C1)C1CNCCO1. The van der Waals surface area contributed by atoms with E-state index in [1.165, 1.54) is 0 Å². The summed E-state index contributed by atoms with van der Waals surface area (Å²) < 4.78 is 11.1. The van der Waals surface area contributed by atoms with Crippen LogP contribution in [0.1, 0.15) is 5.56 Å². The first-order chi connectivity index (χ1) is 9.33. The maximum atomic E-state index is 12.0. The van der Waals surface area contributed by atoms with Crippen LogP contribution in [-0.2, 0) is 16.0 Å². The summed E-state index contributed by atoms with van der Waals surface area (Å²) >= 11 is 0. The molecule has 2 N–H and O–H groups in total. The highest BCUT2D eigenvalue weighted by Gasteiger charge is 2.26. The second-order valence-corrected chi connectivity index (χ2v) is 4.89. The largest absolute Gasteiger partial charge is 0.491 e. The van der Waals surface area contributed by atoms with Crippen LogP contribution in [-0.4, -0.2) is 44.4 Å². The Balaban J connectivity index is 1.58. The molecule has 1 amide bonds. The third kappa shape index (κ3) is 2.88. The fourth-order valence-corrected chi connectivity index (χ4v) is 2.45. The number of hydrogen-bond donors (Lipinski definition) is 2. The number of amides is 1. The second-order valence-electron chi connectivity index (χ2n) is 4.89. The molecule has 2 aliphatic rings. The molecule has 0 radical (unpaired) electrons. The van der Waals surface area contributed by atoms with Gasteiger partial charge >= 0.3 is 0 Å². The van der Waals surface area contributed by atoms with Crippen molar-refractivity contribution in [3.8, 4) is 5.75 Å². The number of hydrogen-bond acceptors (Lipinski definition) is 4. The Morgan fingerprint density at radius 3 is 3.11 bits per heavy atom. The van der Waals surface area contributed by atoms with Crippen molar-refractivity contribution in [1.29, 1.82) is 0 Å². The molecule has 0 aromatic heterocycles. The lowest BCUT2D eigenvalue weighted by Crippen LogP contribution is -2.52. The molecule has 0 saturated carbocycles. The molecule has 19 heavy (non-hydrogen) atoms. The van der Waals surface area contributed by atoms with Crippen molar-refractivity contribution in [3.05, 3.63) is 29.8 Å². The van der Waals surface area contributed by atoms with E-state index in [4.69, 9.17) is 9.47 Å². The summed E-state index contributed by atoms with van der Waals surface area (Å²) in [7, 11) is 0. The topological polar surface area (TPSA) is 59.6 Å². The minimum absolute atomic E-state index is 0.0212. The average molecular weight is 262 g/mol. The zero-order valence-electron chi connectivity index (χ0n) is 10.7. The molecule has 0 spiro atoms. The number of morpholine rings is 1. The molecule has 5 heteroatoms. The van der Waals surface area contributed by atoms with E-state index < -0.39 is 0 Å². The lowest BCUT2D eigenvalue weighted by Gasteiger charge is -2.29. The lowest BCUT2D eigenvalue weighted by atomic mass is 10.0.